The second-order valence-corrected chi connectivity index (χ2v) is 10.7. The van der Waals surface area contributed by atoms with Gasteiger partial charge in [0.1, 0.15) is 10.8 Å². The van der Waals surface area contributed by atoms with E-state index in [4.69, 9.17) is 4.74 Å². The van der Waals surface area contributed by atoms with Crippen molar-refractivity contribution in [3.05, 3.63) is 99.7 Å². The number of fused-ring (bicyclic) bond motifs is 5. The summed E-state index contributed by atoms with van der Waals surface area (Å²) in [4.78, 5) is 17.5. The van der Waals surface area contributed by atoms with Gasteiger partial charge in [-0.3, -0.25) is 0 Å². The number of aromatic nitrogens is 1. The predicted octanol–water partition coefficient (Wildman–Crippen LogP) is 7.26. The first-order chi connectivity index (χ1) is 17.6. The maximum atomic E-state index is 14.0. The van der Waals surface area contributed by atoms with Gasteiger partial charge in [0, 0.05) is 22.3 Å². The summed E-state index contributed by atoms with van der Waals surface area (Å²) in [5.41, 5.74) is 6.87. The van der Waals surface area contributed by atoms with Crippen LogP contribution >= 0.6 is 11.3 Å². The zero-order valence-electron chi connectivity index (χ0n) is 20.8. The molecular weight excluding hydrogens is 466 g/mol. The quantitative estimate of drug-likeness (QED) is 0.322. The molecule has 0 saturated heterocycles. The average Bonchev–Trinajstić information content (AvgIpc) is 3.47. The summed E-state index contributed by atoms with van der Waals surface area (Å²) in [6.07, 6.45) is 6.84. The maximum absolute atomic E-state index is 14.0. The van der Waals surface area contributed by atoms with Gasteiger partial charge in [-0.15, -0.1) is 11.3 Å². The Kier molecular flexibility index (Phi) is 6.05. The van der Waals surface area contributed by atoms with E-state index in [1.54, 1.807) is 0 Å². The molecule has 2 aliphatic rings. The number of hydrogen-bond acceptors (Lipinski definition) is 3. The van der Waals surface area contributed by atoms with Crippen LogP contribution in [0, 0.1) is 6.92 Å². The zero-order chi connectivity index (χ0) is 24.6. The van der Waals surface area contributed by atoms with E-state index in [2.05, 4.69) is 47.3 Å². The molecule has 2 aromatic heterocycles. The van der Waals surface area contributed by atoms with Crippen molar-refractivity contribution in [3.63, 3.8) is 0 Å². The van der Waals surface area contributed by atoms with E-state index in [0.29, 0.717) is 13.2 Å². The molecule has 1 aliphatic heterocycles. The van der Waals surface area contributed by atoms with Gasteiger partial charge in [0.25, 0.3) is 0 Å². The number of nitrogens with zero attached hydrogens (tertiary/aromatic N) is 2. The SMILES string of the molecule is CCOc1cccc(C2c3cccn3-c3sc4c(c3CN2C(=O)Nc2ccc(C)cc2)CCCC4)c1. The number of aryl methyl sites for hydroxylation is 2. The molecule has 0 bridgehead atoms. The summed E-state index contributed by atoms with van der Waals surface area (Å²) < 4.78 is 8.15. The van der Waals surface area contributed by atoms with Crippen molar-refractivity contribution in [1.29, 1.82) is 0 Å². The van der Waals surface area contributed by atoms with E-state index >= 15 is 0 Å². The largest absolute Gasteiger partial charge is 0.494 e. The van der Waals surface area contributed by atoms with E-state index in [1.165, 1.54) is 39.4 Å². The molecule has 1 aliphatic carbocycles. The van der Waals surface area contributed by atoms with Crippen LogP contribution in [-0.2, 0) is 19.4 Å². The number of rotatable bonds is 4. The smallest absolute Gasteiger partial charge is 0.322 e. The first-order valence-electron chi connectivity index (χ1n) is 12.8. The molecule has 2 aromatic carbocycles. The molecule has 0 radical (unpaired) electrons. The minimum atomic E-state index is -0.246. The minimum Gasteiger partial charge on any atom is -0.494 e. The van der Waals surface area contributed by atoms with Gasteiger partial charge >= 0.3 is 6.03 Å². The molecule has 1 N–H and O–H groups in total. The fraction of sp³-hybridized carbons (Fsp3) is 0.300. The Hall–Kier alpha value is -3.51. The standard InChI is InChI=1S/C30H31N3O2S/c1-3-35-23-9-6-8-21(18-23)28-26-11-7-17-32(26)29-25(24-10-4-5-12-27(24)36-29)19-33(28)30(34)31-22-15-13-20(2)14-16-22/h6-9,11,13-18,28H,3-5,10,12,19H2,1-2H3,(H,31,34). The summed E-state index contributed by atoms with van der Waals surface area (Å²) in [7, 11) is 0. The molecule has 1 unspecified atom stereocenters. The third-order valence-corrected chi connectivity index (χ3v) is 8.56. The van der Waals surface area contributed by atoms with Gasteiger partial charge in [-0.2, -0.15) is 0 Å². The van der Waals surface area contributed by atoms with Gasteiger partial charge in [0.05, 0.1) is 24.9 Å². The lowest BCUT2D eigenvalue weighted by Crippen LogP contribution is -2.38. The van der Waals surface area contributed by atoms with Crippen LogP contribution in [0.25, 0.3) is 5.00 Å². The van der Waals surface area contributed by atoms with E-state index in [9.17, 15) is 4.79 Å². The lowest BCUT2D eigenvalue weighted by Gasteiger charge is -2.31. The Bertz CT molecular complexity index is 1400. The molecule has 6 rings (SSSR count). The molecule has 1 atom stereocenters. The summed E-state index contributed by atoms with van der Waals surface area (Å²) >= 11 is 1.91. The van der Waals surface area contributed by atoms with Crippen LogP contribution in [0.15, 0.2) is 66.9 Å². The van der Waals surface area contributed by atoms with Crippen LogP contribution < -0.4 is 10.1 Å². The number of carbonyl (C=O) groups excluding carboxylic acids is 1. The highest BCUT2D eigenvalue weighted by molar-refractivity contribution is 7.15. The van der Waals surface area contributed by atoms with E-state index in [1.807, 2.05) is 59.6 Å². The molecule has 2 amide bonds. The predicted molar refractivity (Wildman–Crippen MR) is 145 cm³/mol. The van der Waals surface area contributed by atoms with Gasteiger partial charge in [-0.25, -0.2) is 4.79 Å². The van der Waals surface area contributed by atoms with E-state index < -0.39 is 0 Å². The fourth-order valence-corrected chi connectivity index (χ4v) is 6.91. The van der Waals surface area contributed by atoms with E-state index in [0.717, 1.165) is 35.5 Å². The maximum Gasteiger partial charge on any atom is 0.322 e. The molecule has 0 fully saturated rings. The Labute approximate surface area is 216 Å². The third kappa shape index (κ3) is 4.09. The molecule has 0 spiro atoms. The van der Waals surface area contributed by atoms with Crippen molar-refractivity contribution < 1.29 is 9.53 Å². The Morgan fingerprint density at radius 3 is 2.72 bits per heavy atom. The topological polar surface area (TPSA) is 46.5 Å². The number of amides is 2. The lowest BCUT2D eigenvalue weighted by molar-refractivity contribution is 0.194. The normalized spacial score (nSPS) is 16.5. The molecule has 5 nitrogen and oxygen atoms in total. The van der Waals surface area contributed by atoms with Crippen LogP contribution in [0.3, 0.4) is 0 Å². The fourth-order valence-electron chi connectivity index (χ4n) is 5.51. The molecule has 36 heavy (non-hydrogen) atoms. The Balaban J connectivity index is 1.48. The molecule has 3 heterocycles. The highest BCUT2D eigenvalue weighted by Gasteiger charge is 2.36. The van der Waals surface area contributed by atoms with Gasteiger partial charge < -0.3 is 19.5 Å². The summed E-state index contributed by atoms with van der Waals surface area (Å²) in [6, 6.07) is 20.1. The molecule has 4 aromatic rings. The van der Waals surface area contributed by atoms with Crippen molar-refractivity contribution in [2.45, 2.75) is 52.1 Å². The van der Waals surface area contributed by atoms with Crippen LogP contribution in [0.4, 0.5) is 10.5 Å². The third-order valence-electron chi connectivity index (χ3n) is 7.23. The van der Waals surface area contributed by atoms with Crippen molar-refractivity contribution >= 4 is 23.1 Å². The number of nitrogens with one attached hydrogen (secondary N) is 1. The van der Waals surface area contributed by atoms with Crippen molar-refractivity contribution in [2.75, 3.05) is 11.9 Å². The molecule has 184 valence electrons. The van der Waals surface area contributed by atoms with Crippen LogP contribution in [0.2, 0.25) is 0 Å². The van der Waals surface area contributed by atoms with Crippen LogP contribution in [0.5, 0.6) is 5.75 Å². The minimum absolute atomic E-state index is 0.0953. The molecular formula is C30H31N3O2S. The monoisotopic (exact) mass is 497 g/mol. The van der Waals surface area contributed by atoms with E-state index in [-0.39, 0.29) is 12.1 Å². The number of hydrogen-bond donors (Lipinski definition) is 1. The molecule has 6 heteroatoms. The van der Waals surface area contributed by atoms with Gasteiger partial charge in [-0.1, -0.05) is 29.8 Å². The van der Waals surface area contributed by atoms with Crippen molar-refractivity contribution in [2.24, 2.45) is 0 Å². The number of anilines is 1. The Morgan fingerprint density at radius 1 is 1.06 bits per heavy atom. The number of urea groups is 1. The lowest BCUT2D eigenvalue weighted by atomic mass is 9.95. The second-order valence-electron chi connectivity index (χ2n) is 9.63. The molecule has 0 saturated carbocycles. The van der Waals surface area contributed by atoms with Crippen LogP contribution in [0.1, 0.15) is 58.6 Å². The zero-order valence-corrected chi connectivity index (χ0v) is 21.6. The van der Waals surface area contributed by atoms with Gasteiger partial charge in [0.2, 0.25) is 0 Å². The highest BCUT2D eigenvalue weighted by atomic mass is 32.1. The highest BCUT2D eigenvalue weighted by Crippen LogP contribution is 2.44. The van der Waals surface area contributed by atoms with Crippen molar-refractivity contribution in [1.82, 2.24) is 9.47 Å². The van der Waals surface area contributed by atoms with Crippen LogP contribution in [-0.4, -0.2) is 22.1 Å². The summed E-state index contributed by atoms with van der Waals surface area (Å²) in [5, 5.41) is 4.44. The average molecular weight is 498 g/mol. The number of carbonyl (C=O) groups is 1. The Morgan fingerprint density at radius 2 is 1.89 bits per heavy atom. The summed E-state index contributed by atoms with van der Waals surface area (Å²) in [5.74, 6) is 0.823. The number of thiophene rings is 1. The summed E-state index contributed by atoms with van der Waals surface area (Å²) in [6.45, 7) is 5.22. The number of ether oxygens (including phenoxy) is 1. The van der Waals surface area contributed by atoms with Gasteiger partial charge in [-0.05, 0) is 87.1 Å². The first kappa shape index (κ1) is 22.9. The second kappa shape index (κ2) is 9.51. The number of benzene rings is 2. The van der Waals surface area contributed by atoms with Gasteiger partial charge in [0.15, 0.2) is 0 Å². The first-order valence-corrected chi connectivity index (χ1v) is 13.6. The van der Waals surface area contributed by atoms with Crippen molar-refractivity contribution in [3.8, 4) is 10.8 Å².